The summed E-state index contributed by atoms with van der Waals surface area (Å²) >= 11 is 0. The van der Waals surface area contributed by atoms with Crippen LogP contribution in [0.15, 0.2) is 4.99 Å². The summed E-state index contributed by atoms with van der Waals surface area (Å²) in [6, 6.07) is 0. The molecule has 0 bridgehead atoms. The van der Waals surface area contributed by atoms with Crippen LogP contribution in [-0.2, 0) is 9.47 Å². The lowest BCUT2D eigenvalue weighted by atomic mass is 10.1. The first kappa shape index (κ1) is 14.2. The lowest BCUT2D eigenvalue weighted by Crippen LogP contribution is -2.53. The second-order valence-corrected chi connectivity index (χ2v) is 3.81. The summed E-state index contributed by atoms with van der Waals surface area (Å²) in [6.45, 7) is 5.70. The number of ether oxygens (including phenoxy) is 2. The van der Waals surface area contributed by atoms with Crippen LogP contribution in [0.4, 0.5) is 0 Å². The molecule has 0 unspecified atom stereocenters. The summed E-state index contributed by atoms with van der Waals surface area (Å²) in [5.74, 6) is 5.87. The topological polar surface area (TPSA) is 80.9 Å². The SMILES string of the molecule is COCCN=C(NN)NC(C)(C)COC. The van der Waals surface area contributed by atoms with E-state index in [1.165, 1.54) is 0 Å². The van der Waals surface area contributed by atoms with Crippen LogP contribution < -0.4 is 16.6 Å². The molecular weight excluding hydrogens is 196 g/mol. The van der Waals surface area contributed by atoms with Gasteiger partial charge in [0.05, 0.1) is 25.3 Å². The zero-order valence-electron chi connectivity index (χ0n) is 9.96. The number of nitrogens with zero attached hydrogens (tertiary/aromatic N) is 1. The molecule has 90 valence electrons. The zero-order valence-corrected chi connectivity index (χ0v) is 9.96. The van der Waals surface area contributed by atoms with E-state index in [9.17, 15) is 0 Å². The van der Waals surface area contributed by atoms with E-state index >= 15 is 0 Å². The molecule has 0 amide bonds. The molecule has 6 nitrogen and oxygen atoms in total. The van der Waals surface area contributed by atoms with Gasteiger partial charge in [0, 0.05) is 14.2 Å². The van der Waals surface area contributed by atoms with Crippen LogP contribution in [0.25, 0.3) is 0 Å². The minimum Gasteiger partial charge on any atom is -0.383 e. The highest BCUT2D eigenvalue weighted by Crippen LogP contribution is 2.01. The molecule has 0 aliphatic carbocycles. The number of nitrogens with one attached hydrogen (secondary N) is 2. The van der Waals surface area contributed by atoms with Crippen LogP contribution in [-0.4, -0.2) is 45.5 Å². The lowest BCUT2D eigenvalue weighted by Gasteiger charge is -2.26. The molecule has 0 radical (unpaired) electrons. The maximum Gasteiger partial charge on any atom is 0.206 e. The minimum atomic E-state index is -0.215. The van der Waals surface area contributed by atoms with E-state index in [2.05, 4.69) is 15.7 Å². The fraction of sp³-hybridized carbons (Fsp3) is 0.889. The summed E-state index contributed by atoms with van der Waals surface area (Å²) in [5.41, 5.74) is 2.29. The summed E-state index contributed by atoms with van der Waals surface area (Å²) in [5, 5.41) is 3.14. The van der Waals surface area contributed by atoms with Crippen molar-refractivity contribution in [3.8, 4) is 0 Å². The van der Waals surface area contributed by atoms with E-state index in [4.69, 9.17) is 15.3 Å². The van der Waals surface area contributed by atoms with E-state index < -0.39 is 0 Å². The molecule has 0 aromatic heterocycles. The van der Waals surface area contributed by atoms with Gasteiger partial charge in [-0.3, -0.25) is 5.43 Å². The Labute approximate surface area is 91.2 Å². The van der Waals surface area contributed by atoms with Gasteiger partial charge in [0.25, 0.3) is 0 Å². The van der Waals surface area contributed by atoms with Gasteiger partial charge in [-0.2, -0.15) is 0 Å². The number of nitrogens with two attached hydrogens (primary N) is 1. The number of methoxy groups -OCH3 is 2. The van der Waals surface area contributed by atoms with Crippen molar-refractivity contribution < 1.29 is 9.47 Å². The molecule has 15 heavy (non-hydrogen) atoms. The van der Waals surface area contributed by atoms with Gasteiger partial charge in [0.1, 0.15) is 0 Å². The normalized spacial score (nSPS) is 12.7. The Hall–Kier alpha value is -0.850. The molecular formula is C9H22N4O2. The molecule has 0 aromatic rings. The Kier molecular flexibility index (Phi) is 7.02. The van der Waals surface area contributed by atoms with Gasteiger partial charge in [0.2, 0.25) is 5.96 Å². The minimum absolute atomic E-state index is 0.215. The average molecular weight is 218 g/mol. The van der Waals surface area contributed by atoms with Crippen molar-refractivity contribution in [2.45, 2.75) is 19.4 Å². The molecule has 0 atom stereocenters. The van der Waals surface area contributed by atoms with Crippen molar-refractivity contribution >= 4 is 5.96 Å². The van der Waals surface area contributed by atoms with Crippen LogP contribution >= 0.6 is 0 Å². The van der Waals surface area contributed by atoms with E-state index in [0.29, 0.717) is 25.7 Å². The Morgan fingerprint density at radius 1 is 1.33 bits per heavy atom. The number of aliphatic imine (C=N–C) groups is 1. The predicted octanol–water partition coefficient (Wildman–Crippen LogP) is -0.533. The van der Waals surface area contributed by atoms with Gasteiger partial charge in [-0.25, -0.2) is 10.8 Å². The van der Waals surface area contributed by atoms with Crippen molar-refractivity contribution in [2.75, 3.05) is 34.0 Å². The maximum atomic E-state index is 5.33. The number of rotatable bonds is 6. The highest BCUT2D eigenvalue weighted by atomic mass is 16.5. The van der Waals surface area contributed by atoms with Gasteiger partial charge in [-0.15, -0.1) is 0 Å². The fourth-order valence-electron chi connectivity index (χ4n) is 1.09. The maximum absolute atomic E-state index is 5.33. The van der Waals surface area contributed by atoms with Gasteiger partial charge in [0.15, 0.2) is 0 Å². The Morgan fingerprint density at radius 2 is 2.00 bits per heavy atom. The van der Waals surface area contributed by atoms with Crippen LogP contribution in [0.2, 0.25) is 0 Å². The lowest BCUT2D eigenvalue weighted by molar-refractivity contribution is 0.139. The molecule has 0 saturated carbocycles. The molecule has 0 saturated heterocycles. The van der Waals surface area contributed by atoms with Gasteiger partial charge < -0.3 is 14.8 Å². The second kappa shape index (κ2) is 7.44. The van der Waals surface area contributed by atoms with Crippen molar-refractivity contribution in [3.05, 3.63) is 0 Å². The average Bonchev–Trinajstić information content (AvgIpc) is 2.16. The van der Waals surface area contributed by atoms with E-state index in [1.807, 2.05) is 13.8 Å². The standard InChI is InChI=1S/C9H22N4O2/c1-9(2,7-15-4)12-8(13-10)11-5-6-14-3/h5-7,10H2,1-4H3,(H2,11,12,13). The van der Waals surface area contributed by atoms with E-state index in [0.717, 1.165) is 0 Å². The van der Waals surface area contributed by atoms with Crippen molar-refractivity contribution in [2.24, 2.45) is 10.8 Å². The van der Waals surface area contributed by atoms with Crippen molar-refractivity contribution in [3.63, 3.8) is 0 Å². The first-order valence-electron chi connectivity index (χ1n) is 4.83. The van der Waals surface area contributed by atoms with E-state index in [-0.39, 0.29) is 5.54 Å². The largest absolute Gasteiger partial charge is 0.383 e. The Bertz CT molecular complexity index is 195. The van der Waals surface area contributed by atoms with Gasteiger partial charge in [-0.1, -0.05) is 0 Å². The molecule has 4 N–H and O–H groups in total. The summed E-state index contributed by atoms with van der Waals surface area (Å²) in [6.07, 6.45) is 0. The number of hydrazine groups is 1. The van der Waals surface area contributed by atoms with Crippen LogP contribution in [0.1, 0.15) is 13.8 Å². The van der Waals surface area contributed by atoms with Crippen molar-refractivity contribution in [1.82, 2.24) is 10.7 Å². The zero-order chi connectivity index (χ0) is 11.7. The smallest absolute Gasteiger partial charge is 0.206 e. The van der Waals surface area contributed by atoms with Crippen LogP contribution in [0, 0.1) is 0 Å². The Morgan fingerprint density at radius 3 is 2.47 bits per heavy atom. The third-order valence-electron chi connectivity index (χ3n) is 1.66. The summed E-state index contributed by atoms with van der Waals surface area (Å²) in [4.78, 5) is 4.19. The number of hydrogen-bond donors (Lipinski definition) is 3. The molecule has 0 spiro atoms. The molecule has 0 aliphatic rings. The third-order valence-corrected chi connectivity index (χ3v) is 1.66. The highest BCUT2D eigenvalue weighted by Gasteiger charge is 2.18. The molecule has 0 heterocycles. The first-order chi connectivity index (χ1) is 7.05. The Balaban J connectivity index is 4.12. The van der Waals surface area contributed by atoms with Gasteiger partial charge >= 0.3 is 0 Å². The van der Waals surface area contributed by atoms with Crippen molar-refractivity contribution in [1.29, 1.82) is 0 Å². The quantitative estimate of drug-likeness (QED) is 0.183. The van der Waals surface area contributed by atoms with E-state index in [1.54, 1.807) is 14.2 Å². The summed E-state index contributed by atoms with van der Waals surface area (Å²) < 4.78 is 9.95. The van der Waals surface area contributed by atoms with Gasteiger partial charge in [-0.05, 0) is 13.8 Å². The van der Waals surface area contributed by atoms with Crippen LogP contribution in [0.3, 0.4) is 0 Å². The molecule has 0 aromatic carbocycles. The third kappa shape index (κ3) is 7.12. The molecule has 6 heteroatoms. The highest BCUT2D eigenvalue weighted by molar-refractivity contribution is 5.79. The predicted molar refractivity (Wildman–Crippen MR) is 60.6 cm³/mol. The molecule has 0 rings (SSSR count). The van der Waals surface area contributed by atoms with Crippen LogP contribution in [0.5, 0.6) is 0 Å². The number of guanidine groups is 1. The summed E-state index contributed by atoms with van der Waals surface area (Å²) in [7, 11) is 3.29. The fourth-order valence-corrected chi connectivity index (χ4v) is 1.09. The number of hydrogen-bond acceptors (Lipinski definition) is 4. The molecule has 0 aliphatic heterocycles. The second-order valence-electron chi connectivity index (χ2n) is 3.81. The molecule has 0 fully saturated rings. The monoisotopic (exact) mass is 218 g/mol. The first-order valence-corrected chi connectivity index (χ1v) is 4.83.